The Hall–Kier alpha value is -2.33. The van der Waals surface area contributed by atoms with Crippen molar-refractivity contribution in [1.29, 1.82) is 0 Å². The van der Waals surface area contributed by atoms with Gasteiger partial charge < -0.3 is 9.47 Å². The van der Waals surface area contributed by atoms with Crippen LogP contribution < -0.4 is 0 Å². The number of carbonyl (C=O) groups excluding carboxylic acids is 1. The minimum Gasteiger partial charge on any atom is -0.338 e. The number of likely N-dealkylation sites (tertiary alicyclic amines) is 1. The minimum atomic E-state index is -4.40. The quantitative estimate of drug-likeness (QED) is 0.677. The van der Waals surface area contributed by atoms with Crippen LogP contribution in [0, 0.1) is 6.92 Å². The molecule has 4 rings (SSSR count). The lowest BCUT2D eigenvalue weighted by Crippen LogP contribution is -2.56. The Labute approximate surface area is 185 Å². The van der Waals surface area contributed by atoms with Gasteiger partial charge in [-0.3, -0.25) is 9.69 Å². The third-order valence-electron chi connectivity index (χ3n) is 6.84. The number of aryl methyl sites for hydroxylation is 1. The summed E-state index contributed by atoms with van der Waals surface area (Å²) in [6, 6.07) is 7.27. The number of hydrogen-bond acceptors (Lipinski definition) is 4. The molecule has 1 aromatic carbocycles. The van der Waals surface area contributed by atoms with Crippen molar-refractivity contribution >= 4 is 15.7 Å². The van der Waals surface area contributed by atoms with Crippen LogP contribution >= 0.6 is 0 Å². The van der Waals surface area contributed by atoms with Crippen molar-refractivity contribution in [1.82, 2.24) is 14.4 Å². The summed E-state index contributed by atoms with van der Waals surface area (Å²) in [7, 11) is -1.45. The van der Waals surface area contributed by atoms with Crippen molar-refractivity contribution in [3.05, 3.63) is 52.8 Å². The number of halogens is 3. The number of carbonyl (C=O) groups is 1. The molecule has 1 spiro atoms. The molecule has 6 nitrogen and oxygen atoms in total. The normalized spacial score (nSPS) is 19.2. The molecule has 0 atom stereocenters. The summed E-state index contributed by atoms with van der Waals surface area (Å²) >= 11 is 0. The fraction of sp³-hybridized carbons (Fsp3) is 0.500. The first-order valence-electron chi connectivity index (χ1n) is 10.4. The molecule has 1 saturated heterocycles. The van der Waals surface area contributed by atoms with Gasteiger partial charge in [-0.1, -0.05) is 0 Å². The van der Waals surface area contributed by atoms with Crippen molar-refractivity contribution in [2.24, 2.45) is 0 Å². The van der Waals surface area contributed by atoms with E-state index in [9.17, 15) is 26.4 Å². The fourth-order valence-electron chi connectivity index (χ4n) is 5.12. The number of amides is 1. The molecule has 10 heteroatoms. The van der Waals surface area contributed by atoms with Crippen molar-refractivity contribution in [2.75, 3.05) is 32.9 Å². The number of hydrogen-bond donors (Lipinski definition) is 0. The molecule has 0 radical (unpaired) electrons. The maximum absolute atomic E-state index is 13.4. The molecule has 2 aromatic rings. The van der Waals surface area contributed by atoms with Crippen LogP contribution in [-0.4, -0.2) is 61.6 Å². The number of rotatable bonds is 2. The lowest BCUT2D eigenvalue weighted by molar-refractivity contribution is -0.144. The molecule has 32 heavy (non-hydrogen) atoms. The number of piperidine rings is 1. The van der Waals surface area contributed by atoms with Gasteiger partial charge in [0.15, 0.2) is 9.84 Å². The van der Waals surface area contributed by atoms with E-state index < -0.39 is 27.2 Å². The van der Waals surface area contributed by atoms with Crippen molar-refractivity contribution < 1.29 is 26.4 Å². The van der Waals surface area contributed by atoms with Gasteiger partial charge in [0.2, 0.25) is 0 Å². The van der Waals surface area contributed by atoms with E-state index in [2.05, 4.69) is 4.90 Å². The number of sulfone groups is 1. The van der Waals surface area contributed by atoms with Crippen LogP contribution in [0.2, 0.25) is 0 Å². The van der Waals surface area contributed by atoms with E-state index in [1.54, 1.807) is 24.0 Å². The lowest BCUT2D eigenvalue weighted by Gasteiger charge is -2.50. The average Bonchev–Trinajstić information content (AvgIpc) is 3.15. The lowest BCUT2D eigenvalue weighted by atomic mass is 9.81. The number of aromatic nitrogens is 1. The molecule has 1 aromatic heterocycles. The van der Waals surface area contributed by atoms with Crippen LogP contribution in [0.4, 0.5) is 13.2 Å². The molecular formula is C22H26F3N3O3S. The highest BCUT2D eigenvalue weighted by Crippen LogP contribution is 2.44. The van der Waals surface area contributed by atoms with Gasteiger partial charge in [-0.05, 0) is 62.7 Å². The Morgan fingerprint density at radius 1 is 1.03 bits per heavy atom. The maximum Gasteiger partial charge on any atom is 0.431 e. The van der Waals surface area contributed by atoms with E-state index in [4.69, 9.17) is 0 Å². The Morgan fingerprint density at radius 2 is 1.69 bits per heavy atom. The van der Waals surface area contributed by atoms with Crippen molar-refractivity contribution in [3.63, 3.8) is 0 Å². The molecule has 0 aliphatic carbocycles. The molecule has 2 aliphatic heterocycles. The summed E-state index contributed by atoms with van der Waals surface area (Å²) in [5, 5.41) is 0. The summed E-state index contributed by atoms with van der Waals surface area (Å²) in [5.41, 5.74) is 0.398. The second kappa shape index (κ2) is 7.62. The van der Waals surface area contributed by atoms with E-state index in [1.807, 2.05) is 7.05 Å². The first kappa shape index (κ1) is 22.8. The average molecular weight is 470 g/mol. The van der Waals surface area contributed by atoms with Gasteiger partial charge in [0.05, 0.1) is 10.4 Å². The number of fused-ring (bicyclic) bond motifs is 2. The van der Waals surface area contributed by atoms with Gasteiger partial charge in [0.25, 0.3) is 5.91 Å². The van der Waals surface area contributed by atoms with Gasteiger partial charge in [-0.15, -0.1) is 0 Å². The monoisotopic (exact) mass is 469 g/mol. The predicted octanol–water partition coefficient (Wildman–Crippen LogP) is 3.30. The maximum atomic E-state index is 13.4. The highest BCUT2D eigenvalue weighted by Gasteiger charge is 2.47. The Kier molecular flexibility index (Phi) is 5.44. The third-order valence-corrected chi connectivity index (χ3v) is 8.09. The summed E-state index contributed by atoms with van der Waals surface area (Å²) in [6.45, 7) is 3.25. The van der Waals surface area contributed by atoms with Crippen LogP contribution in [0.15, 0.2) is 35.2 Å². The van der Waals surface area contributed by atoms with Crippen molar-refractivity contribution in [3.8, 4) is 0 Å². The van der Waals surface area contributed by atoms with Crippen LogP contribution in [0.1, 0.15) is 40.2 Å². The van der Waals surface area contributed by atoms with Gasteiger partial charge in [-0.25, -0.2) is 8.42 Å². The predicted molar refractivity (Wildman–Crippen MR) is 113 cm³/mol. The summed E-state index contributed by atoms with van der Waals surface area (Å²) in [6.07, 6.45) is -2.22. The molecule has 3 heterocycles. The van der Waals surface area contributed by atoms with Gasteiger partial charge >= 0.3 is 6.18 Å². The molecule has 174 valence electrons. The minimum absolute atomic E-state index is 0.191. The molecule has 2 aliphatic rings. The zero-order valence-electron chi connectivity index (χ0n) is 18.2. The van der Waals surface area contributed by atoms with Gasteiger partial charge in [0.1, 0.15) is 5.69 Å². The topological polar surface area (TPSA) is 62.6 Å². The first-order valence-corrected chi connectivity index (χ1v) is 12.3. The number of benzene rings is 1. The second-order valence-electron chi connectivity index (χ2n) is 8.75. The molecule has 0 unspecified atom stereocenters. The van der Waals surface area contributed by atoms with Crippen molar-refractivity contribution in [2.45, 2.75) is 42.9 Å². The number of nitrogens with zero attached hydrogens (tertiary/aromatic N) is 3. The summed E-state index contributed by atoms with van der Waals surface area (Å²) < 4.78 is 65.3. The van der Waals surface area contributed by atoms with E-state index in [0.717, 1.165) is 12.3 Å². The molecule has 0 saturated carbocycles. The largest absolute Gasteiger partial charge is 0.431 e. The number of alkyl halides is 3. The smallest absolute Gasteiger partial charge is 0.338 e. The highest BCUT2D eigenvalue weighted by atomic mass is 32.2. The Bertz CT molecular complexity index is 1160. The Morgan fingerprint density at radius 3 is 2.25 bits per heavy atom. The van der Waals surface area contributed by atoms with Crippen LogP contribution in [0.3, 0.4) is 0 Å². The molecule has 0 bridgehead atoms. The zero-order valence-corrected chi connectivity index (χ0v) is 19.1. The SMILES string of the molecule is Cc1cc(C(=O)N2CCC3(CC2)c2ccc(C(F)(F)F)n2CCN3C)ccc1S(C)(=O)=O. The standard InChI is InChI=1S/C22H26F3N3O3S/c1-15-14-16(4-5-17(15)32(3,30)31)20(29)27-10-8-21(9-11-27)18-6-7-19(22(23,24)25)28(18)13-12-26(21)2/h4-7,14H,8-13H2,1-3H3. The zero-order chi connectivity index (χ0) is 23.5. The molecule has 1 amide bonds. The number of likely N-dealkylation sites (N-methyl/N-ethyl adjacent to an activating group) is 1. The van der Waals surface area contributed by atoms with Crippen LogP contribution in [0.5, 0.6) is 0 Å². The first-order chi connectivity index (χ1) is 14.8. The third kappa shape index (κ3) is 3.73. The van der Waals surface area contributed by atoms with Gasteiger partial charge in [0, 0.05) is 43.7 Å². The van der Waals surface area contributed by atoms with E-state index in [0.29, 0.717) is 49.3 Å². The molecular weight excluding hydrogens is 443 g/mol. The van der Waals surface area contributed by atoms with E-state index in [1.165, 1.54) is 16.7 Å². The fourth-order valence-corrected chi connectivity index (χ4v) is 6.08. The summed E-state index contributed by atoms with van der Waals surface area (Å²) in [5.74, 6) is -0.201. The van der Waals surface area contributed by atoms with Crippen LogP contribution in [-0.2, 0) is 28.1 Å². The van der Waals surface area contributed by atoms with Gasteiger partial charge in [-0.2, -0.15) is 13.2 Å². The molecule has 1 fully saturated rings. The Balaban J connectivity index is 1.57. The van der Waals surface area contributed by atoms with E-state index in [-0.39, 0.29) is 17.3 Å². The molecule has 0 N–H and O–H groups in total. The second-order valence-corrected chi connectivity index (χ2v) is 10.7. The summed E-state index contributed by atoms with van der Waals surface area (Å²) in [4.78, 5) is 17.0. The van der Waals surface area contributed by atoms with Crippen LogP contribution in [0.25, 0.3) is 0 Å². The highest BCUT2D eigenvalue weighted by molar-refractivity contribution is 7.90. The van der Waals surface area contributed by atoms with E-state index >= 15 is 0 Å².